The normalized spacial score (nSPS) is 14.9. The van der Waals surface area contributed by atoms with E-state index in [9.17, 15) is 0 Å². The van der Waals surface area contributed by atoms with E-state index in [1.165, 1.54) is 12.0 Å². The molecule has 0 aliphatic rings. The van der Waals surface area contributed by atoms with Crippen LogP contribution in [-0.4, -0.2) is 23.8 Å². The number of aliphatic hydroxyl groups excluding tert-OH is 1. The van der Waals surface area contributed by atoms with E-state index in [-0.39, 0.29) is 6.61 Å². The van der Waals surface area contributed by atoms with Crippen LogP contribution in [0.15, 0.2) is 11.6 Å². The Morgan fingerprint density at radius 1 is 1.21 bits per heavy atom. The highest BCUT2D eigenvalue weighted by Crippen LogP contribution is 2.02. The largest absolute Gasteiger partial charge is 0.396 e. The molecule has 2 nitrogen and oxygen atoms in total. The fraction of sp³-hybridized carbons (Fsp3) is 0.833. The van der Waals surface area contributed by atoms with Crippen molar-refractivity contribution in [3.05, 3.63) is 11.6 Å². The van der Waals surface area contributed by atoms with Gasteiger partial charge in [0.15, 0.2) is 0 Å². The fourth-order valence-corrected chi connectivity index (χ4v) is 1.47. The zero-order chi connectivity index (χ0) is 11.0. The third-order valence-corrected chi connectivity index (χ3v) is 2.28. The second kappa shape index (κ2) is 8.01. The second-order valence-electron chi connectivity index (χ2n) is 4.34. The predicted octanol–water partition coefficient (Wildman–Crippen LogP) is 2.48. The molecule has 0 fully saturated rings. The molecule has 2 N–H and O–H groups in total. The molecule has 0 aromatic heterocycles. The number of hydrogen-bond donors (Lipinski definition) is 2. The number of rotatable bonds is 7. The molecule has 0 aliphatic heterocycles. The molecule has 2 unspecified atom stereocenters. The molecule has 0 aromatic carbocycles. The molecule has 0 saturated carbocycles. The SMILES string of the molecule is CC(C)=CCCC(C)NC(C)CCO. The Labute approximate surface area is 88.4 Å². The van der Waals surface area contributed by atoms with Crippen LogP contribution in [0, 0.1) is 0 Å². The van der Waals surface area contributed by atoms with Crippen molar-refractivity contribution < 1.29 is 5.11 Å². The lowest BCUT2D eigenvalue weighted by atomic mass is 10.1. The summed E-state index contributed by atoms with van der Waals surface area (Å²) in [5.41, 5.74) is 1.39. The predicted molar refractivity (Wildman–Crippen MR) is 62.4 cm³/mol. The summed E-state index contributed by atoms with van der Waals surface area (Å²) in [6.45, 7) is 8.86. The minimum atomic E-state index is 0.273. The minimum Gasteiger partial charge on any atom is -0.396 e. The van der Waals surface area contributed by atoms with Gasteiger partial charge in [0.25, 0.3) is 0 Å². The summed E-state index contributed by atoms with van der Waals surface area (Å²) >= 11 is 0. The molecule has 2 atom stereocenters. The number of allylic oxidation sites excluding steroid dienone is 2. The van der Waals surface area contributed by atoms with Crippen LogP contribution in [0.25, 0.3) is 0 Å². The van der Waals surface area contributed by atoms with Gasteiger partial charge in [-0.2, -0.15) is 0 Å². The first-order chi connectivity index (χ1) is 6.56. The van der Waals surface area contributed by atoms with Gasteiger partial charge < -0.3 is 10.4 Å². The van der Waals surface area contributed by atoms with E-state index in [2.05, 4.69) is 39.1 Å². The van der Waals surface area contributed by atoms with Crippen molar-refractivity contribution in [3.63, 3.8) is 0 Å². The molecule has 0 heterocycles. The zero-order valence-corrected chi connectivity index (χ0v) is 10.0. The Bertz CT molecular complexity index is 162. The monoisotopic (exact) mass is 199 g/mol. The summed E-state index contributed by atoms with van der Waals surface area (Å²) in [6, 6.07) is 0.953. The van der Waals surface area contributed by atoms with E-state index < -0.39 is 0 Å². The van der Waals surface area contributed by atoms with Crippen LogP contribution in [-0.2, 0) is 0 Å². The van der Waals surface area contributed by atoms with E-state index in [4.69, 9.17) is 5.11 Å². The topological polar surface area (TPSA) is 32.3 Å². The van der Waals surface area contributed by atoms with Crippen LogP contribution >= 0.6 is 0 Å². The zero-order valence-electron chi connectivity index (χ0n) is 10.0. The van der Waals surface area contributed by atoms with Crippen LogP contribution in [0.2, 0.25) is 0 Å². The highest BCUT2D eigenvalue weighted by Gasteiger charge is 2.05. The van der Waals surface area contributed by atoms with E-state index >= 15 is 0 Å². The number of aliphatic hydroxyl groups is 1. The Morgan fingerprint density at radius 3 is 2.29 bits per heavy atom. The van der Waals surface area contributed by atoms with Crippen molar-refractivity contribution in [2.24, 2.45) is 0 Å². The molecule has 0 rings (SSSR count). The first kappa shape index (κ1) is 13.7. The van der Waals surface area contributed by atoms with E-state index in [0.29, 0.717) is 12.1 Å². The molecule has 0 bridgehead atoms. The van der Waals surface area contributed by atoms with Crippen LogP contribution < -0.4 is 5.32 Å². The fourth-order valence-electron chi connectivity index (χ4n) is 1.47. The maximum absolute atomic E-state index is 8.75. The first-order valence-electron chi connectivity index (χ1n) is 5.56. The molecule has 14 heavy (non-hydrogen) atoms. The van der Waals surface area contributed by atoms with Gasteiger partial charge in [-0.15, -0.1) is 0 Å². The average molecular weight is 199 g/mol. The van der Waals surface area contributed by atoms with Crippen molar-refractivity contribution in [1.29, 1.82) is 0 Å². The summed E-state index contributed by atoms with van der Waals surface area (Å²) in [6.07, 6.45) is 5.42. The van der Waals surface area contributed by atoms with Crippen molar-refractivity contribution in [2.75, 3.05) is 6.61 Å². The van der Waals surface area contributed by atoms with E-state index in [1.807, 2.05) is 0 Å². The molecule has 0 saturated heterocycles. The van der Waals surface area contributed by atoms with Crippen LogP contribution in [0.4, 0.5) is 0 Å². The number of hydrogen-bond acceptors (Lipinski definition) is 2. The number of nitrogens with one attached hydrogen (secondary N) is 1. The lowest BCUT2D eigenvalue weighted by Crippen LogP contribution is -2.34. The molecule has 2 heteroatoms. The molecule has 0 spiro atoms. The standard InChI is InChI=1S/C12H25NO/c1-10(2)6-5-7-11(3)13-12(4)8-9-14/h6,11-14H,5,7-9H2,1-4H3. The Morgan fingerprint density at radius 2 is 1.79 bits per heavy atom. The van der Waals surface area contributed by atoms with Gasteiger partial charge in [-0.3, -0.25) is 0 Å². The van der Waals surface area contributed by atoms with Crippen LogP contribution in [0.1, 0.15) is 47.0 Å². The maximum atomic E-state index is 8.75. The lowest BCUT2D eigenvalue weighted by molar-refractivity contribution is 0.263. The van der Waals surface area contributed by atoms with Crippen molar-refractivity contribution >= 4 is 0 Å². The Hall–Kier alpha value is -0.340. The van der Waals surface area contributed by atoms with Gasteiger partial charge in [-0.05, 0) is 47.0 Å². The van der Waals surface area contributed by atoms with E-state index in [0.717, 1.165) is 12.8 Å². The van der Waals surface area contributed by atoms with Crippen molar-refractivity contribution in [3.8, 4) is 0 Å². The van der Waals surface area contributed by atoms with Gasteiger partial charge in [0.1, 0.15) is 0 Å². The summed E-state index contributed by atoms with van der Waals surface area (Å²) in [4.78, 5) is 0. The highest BCUT2D eigenvalue weighted by molar-refractivity contribution is 4.93. The van der Waals surface area contributed by atoms with Gasteiger partial charge in [0.2, 0.25) is 0 Å². The smallest absolute Gasteiger partial charge is 0.0445 e. The summed E-state index contributed by atoms with van der Waals surface area (Å²) in [5, 5.41) is 12.2. The third-order valence-electron chi connectivity index (χ3n) is 2.28. The van der Waals surface area contributed by atoms with Gasteiger partial charge in [-0.25, -0.2) is 0 Å². The second-order valence-corrected chi connectivity index (χ2v) is 4.34. The summed E-state index contributed by atoms with van der Waals surface area (Å²) in [7, 11) is 0. The molecular formula is C12H25NO. The molecule has 0 aromatic rings. The van der Waals surface area contributed by atoms with Gasteiger partial charge in [0.05, 0.1) is 0 Å². The quantitative estimate of drug-likeness (QED) is 0.617. The van der Waals surface area contributed by atoms with Crippen LogP contribution in [0.3, 0.4) is 0 Å². The van der Waals surface area contributed by atoms with E-state index in [1.54, 1.807) is 0 Å². The van der Waals surface area contributed by atoms with Gasteiger partial charge >= 0.3 is 0 Å². The molecule has 0 radical (unpaired) electrons. The van der Waals surface area contributed by atoms with Crippen LogP contribution in [0.5, 0.6) is 0 Å². The molecular weight excluding hydrogens is 174 g/mol. The Kier molecular flexibility index (Phi) is 7.81. The van der Waals surface area contributed by atoms with Crippen molar-refractivity contribution in [2.45, 2.75) is 59.0 Å². The third kappa shape index (κ3) is 8.27. The molecule has 84 valence electrons. The summed E-state index contributed by atoms with van der Waals surface area (Å²) < 4.78 is 0. The lowest BCUT2D eigenvalue weighted by Gasteiger charge is -2.18. The minimum absolute atomic E-state index is 0.273. The average Bonchev–Trinajstić information content (AvgIpc) is 2.03. The Balaban J connectivity index is 3.54. The van der Waals surface area contributed by atoms with Gasteiger partial charge in [0, 0.05) is 18.7 Å². The van der Waals surface area contributed by atoms with Gasteiger partial charge in [-0.1, -0.05) is 11.6 Å². The molecule has 0 aliphatic carbocycles. The van der Waals surface area contributed by atoms with Crippen molar-refractivity contribution in [1.82, 2.24) is 5.32 Å². The maximum Gasteiger partial charge on any atom is 0.0445 e. The first-order valence-corrected chi connectivity index (χ1v) is 5.56. The highest BCUT2D eigenvalue weighted by atomic mass is 16.3. The summed E-state index contributed by atoms with van der Waals surface area (Å²) in [5.74, 6) is 0. The molecule has 0 amide bonds.